The molecule has 0 aromatic heterocycles. The Balaban J connectivity index is 1.75. The maximum atomic E-state index is 13.3. The highest BCUT2D eigenvalue weighted by molar-refractivity contribution is 5.91. The fourth-order valence-corrected chi connectivity index (χ4v) is 4.86. The molecule has 0 aromatic carbocycles. The molecule has 2 saturated heterocycles. The van der Waals surface area contributed by atoms with E-state index in [-0.39, 0.29) is 35.5 Å². The number of rotatable bonds is 5. The molecule has 0 bridgehead atoms. The van der Waals surface area contributed by atoms with Crippen molar-refractivity contribution in [2.45, 2.75) is 65.1 Å². The lowest BCUT2D eigenvalue weighted by atomic mass is 9.97. The van der Waals surface area contributed by atoms with Crippen LogP contribution in [0.5, 0.6) is 0 Å². The molecule has 0 aromatic rings. The van der Waals surface area contributed by atoms with Crippen LogP contribution in [-0.4, -0.2) is 66.7 Å². The van der Waals surface area contributed by atoms with Crippen LogP contribution in [0, 0.1) is 23.2 Å². The van der Waals surface area contributed by atoms with Crippen LogP contribution in [0.25, 0.3) is 0 Å². The van der Waals surface area contributed by atoms with Crippen LogP contribution in [0.2, 0.25) is 0 Å². The lowest BCUT2D eigenvalue weighted by Gasteiger charge is -2.32. The van der Waals surface area contributed by atoms with Gasteiger partial charge in [0.1, 0.15) is 17.7 Å². The molecule has 9 nitrogen and oxygen atoms in total. The molecule has 3 fully saturated rings. The van der Waals surface area contributed by atoms with Crippen molar-refractivity contribution in [3.63, 3.8) is 0 Å². The zero-order chi connectivity index (χ0) is 22.4. The minimum Gasteiger partial charge on any atom is -0.467 e. The zero-order valence-electron chi connectivity index (χ0n) is 18.6. The van der Waals surface area contributed by atoms with Crippen LogP contribution in [0.3, 0.4) is 0 Å². The molecule has 5 atom stereocenters. The van der Waals surface area contributed by atoms with Crippen molar-refractivity contribution in [2.24, 2.45) is 23.2 Å². The number of likely N-dealkylation sites (tertiary alicyclic amines) is 1. The summed E-state index contributed by atoms with van der Waals surface area (Å²) in [5.41, 5.74) is -0.739. The number of nitrogens with zero attached hydrogens (tertiary/aromatic N) is 1. The fraction of sp³-hybridized carbons (Fsp3) is 0.810. The molecule has 3 rings (SSSR count). The van der Waals surface area contributed by atoms with E-state index < -0.39 is 35.7 Å². The molecule has 2 N–H and O–H groups in total. The summed E-state index contributed by atoms with van der Waals surface area (Å²) in [6.45, 7) is 10.5. The number of hydrogen-bond acceptors (Lipinski definition) is 6. The smallest absolute Gasteiger partial charge is 0.410 e. The van der Waals surface area contributed by atoms with Gasteiger partial charge in [0.15, 0.2) is 0 Å². The van der Waals surface area contributed by atoms with E-state index in [1.54, 1.807) is 20.8 Å². The largest absolute Gasteiger partial charge is 0.467 e. The molecule has 3 amide bonds. The van der Waals surface area contributed by atoms with Crippen molar-refractivity contribution in [1.82, 2.24) is 15.5 Å². The number of methoxy groups -OCH3 is 1. The SMILES string of the molecule is COC(=O)C(C[C@@H]1CCNC1=O)NC(=O)[C@@H]1[C@H]2[C@H](CN1C(=O)OC(C)(C)C)C2(C)C. The van der Waals surface area contributed by atoms with Gasteiger partial charge in [0.25, 0.3) is 0 Å². The second kappa shape index (κ2) is 7.74. The first-order valence-electron chi connectivity index (χ1n) is 10.5. The number of piperidine rings is 1. The summed E-state index contributed by atoms with van der Waals surface area (Å²) in [6, 6.07) is -1.66. The van der Waals surface area contributed by atoms with Gasteiger partial charge >= 0.3 is 12.1 Å². The highest BCUT2D eigenvalue weighted by Gasteiger charge is 2.69. The first kappa shape index (κ1) is 22.4. The Morgan fingerprint density at radius 2 is 1.97 bits per heavy atom. The molecule has 9 heteroatoms. The number of carbonyl (C=O) groups is 4. The van der Waals surface area contributed by atoms with E-state index in [4.69, 9.17) is 9.47 Å². The third-order valence-corrected chi connectivity index (χ3v) is 6.59. The van der Waals surface area contributed by atoms with E-state index >= 15 is 0 Å². The maximum absolute atomic E-state index is 13.3. The molecule has 1 aliphatic carbocycles. The van der Waals surface area contributed by atoms with E-state index in [1.807, 2.05) is 0 Å². The van der Waals surface area contributed by atoms with Crippen molar-refractivity contribution in [3.05, 3.63) is 0 Å². The third-order valence-electron chi connectivity index (χ3n) is 6.59. The molecule has 0 spiro atoms. The predicted molar refractivity (Wildman–Crippen MR) is 107 cm³/mol. The van der Waals surface area contributed by atoms with Crippen molar-refractivity contribution in [1.29, 1.82) is 0 Å². The van der Waals surface area contributed by atoms with Crippen LogP contribution in [0.1, 0.15) is 47.5 Å². The minimum atomic E-state index is -0.947. The van der Waals surface area contributed by atoms with Gasteiger partial charge in [0.2, 0.25) is 11.8 Å². The number of hydrogen-bond donors (Lipinski definition) is 2. The molecule has 0 radical (unpaired) electrons. The van der Waals surface area contributed by atoms with Gasteiger partial charge in [-0.25, -0.2) is 9.59 Å². The molecule has 2 heterocycles. The zero-order valence-corrected chi connectivity index (χ0v) is 18.6. The van der Waals surface area contributed by atoms with E-state index in [9.17, 15) is 19.2 Å². The number of esters is 1. The van der Waals surface area contributed by atoms with Crippen molar-refractivity contribution in [3.8, 4) is 0 Å². The highest BCUT2D eigenvalue weighted by Crippen LogP contribution is 2.65. The predicted octanol–water partition coefficient (Wildman–Crippen LogP) is 1.06. The Bertz CT molecular complexity index is 744. The quantitative estimate of drug-likeness (QED) is 0.639. The molecule has 1 saturated carbocycles. The van der Waals surface area contributed by atoms with Gasteiger partial charge in [-0.2, -0.15) is 0 Å². The average molecular weight is 424 g/mol. The summed E-state index contributed by atoms with van der Waals surface area (Å²) in [4.78, 5) is 51.7. The second-order valence-electron chi connectivity index (χ2n) is 10.1. The standard InChI is InChI=1S/C21H33N3O6/c1-20(2,3)30-19(28)24-10-12-14(21(12,4)5)15(24)17(26)23-13(18(27)29-6)9-11-7-8-22-16(11)25/h11-15H,7-10H2,1-6H3,(H,22,25)(H,23,26)/t11-,12-,13?,14+,15-/m0/s1. The van der Waals surface area contributed by atoms with Crippen LogP contribution in [-0.2, 0) is 23.9 Å². The van der Waals surface area contributed by atoms with Crippen molar-refractivity contribution in [2.75, 3.05) is 20.2 Å². The Hall–Kier alpha value is -2.32. The van der Waals surface area contributed by atoms with Gasteiger partial charge in [0.05, 0.1) is 7.11 Å². The Labute approximate surface area is 177 Å². The van der Waals surface area contributed by atoms with Crippen molar-refractivity contribution >= 4 is 23.9 Å². The number of ether oxygens (including phenoxy) is 2. The van der Waals surface area contributed by atoms with E-state index in [1.165, 1.54) is 12.0 Å². The van der Waals surface area contributed by atoms with Crippen LogP contribution in [0.4, 0.5) is 4.79 Å². The summed E-state index contributed by atoms with van der Waals surface area (Å²) < 4.78 is 10.3. The normalized spacial score (nSPS) is 30.2. The number of carbonyl (C=O) groups excluding carboxylic acids is 4. The first-order chi connectivity index (χ1) is 13.9. The third kappa shape index (κ3) is 4.25. The Morgan fingerprint density at radius 3 is 2.50 bits per heavy atom. The van der Waals surface area contributed by atoms with E-state index in [2.05, 4.69) is 24.5 Å². The lowest BCUT2D eigenvalue weighted by Crippen LogP contribution is -2.54. The maximum Gasteiger partial charge on any atom is 0.410 e. The molecule has 30 heavy (non-hydrogen) atoms. The summed E-state index contributed by atoms with van der Waals surface area (Å²) in [7, 11) is 1.25. The van der Waals surface area contributed by atoms with E-state index in [0.29, 0.717) is 19.5 Å². The molecule has 3 aliphatic rings. The van der Waals surface area contributed by atoms with Gasteiger partial charge in [0, 0.05) is 19.0 Å². The molecule has 2 aliphatic heterocycles. The van der Waals surface area contributed by atoms with Crippen LogP contribution >= 0.6 is 0 Å². The van der Waals surface area contributed by atoms with Crippen LogP contribution < -0.4 is 10.6 Å². The molecular weight excluding hydrogens is 390 g/mol. The number of amides is 3. The summed E-state index contributed by atoms with van der Waals surface area (Å²) >= 11 is 0. The Morgan fingerprint density at radius 1 is 1.30 bits per heavy atom. The van der Waals surface area contributed by atoms with E-state index in [0.717, 1.165) is 0 Å². The molecule has 1 unspecified atom stereocenters. The summed E-state index contributed by atoms with van der Waals surface area (Å²) in [6.07, 6.45) is 0.240. The second-order valence-corrected chi connectivity index (χ2v) is 10.1. The number of nitrogens with one attached hydrogen (secondary N) is 2. The van der Waals surface area contributed by atoms with Gasteiger partial charge in [-0.05, 0) is 50.9 Å². The summed E-state index contributed by atoms with van der Waals surface area (Å²) in [5, 5.41) is 5.49. The molecule has 168 valence electrons. The topological polar surface area (TPSA) is 114 Å². The lowest BCUT2D eigenvalue weighted by molar-refractivity contribution is -0.146. The van der Waals surface area contributed by atoms with Crippen molar-refractivity contribution < 1.29 is 28.7 Å². The Kier molecular flexibility index (Phi) is 5.77. The van der Waals surface area contributed by atoms with Gasteiger partial charge < -0.3 is 20.1 Å². The van der Waals surface area contributed by atoms with Crippen LogP contribution in [0.15, 0.2) is 0 Å². The molecular formula is C21H33N3O6. The fourth-order valence-electron chi connectivity index (χ4n) is 4.86. The van der Waals surface area contributed by atoms with Gasteiger partial charge in [-0.1, -0.05) is 13.8 Å². The monoisotopic (exact) mass is 423 g/mol. The van der Waals surface area contributed by atoms with Gasteiger partial charge in [-0.15, -0.1) is 0 Å². The first-order valence-corrected chi connectivity index (χ1v) is 10.5. The number of fused-ring (bicyclic) bond motifs is 1. The average Bonchev–Trinajstić information content (AvgIpc) is 3.01. The van der Waals surface area contributed by atoms with Gasteiger partial charge in [-0.3, -0.25) is 14.5 Å². The highest BCUT2D eigenvalue weighted by atomic mass is 16.6. The minimum absolute atomic E-state index is 0.00176. The summed E-state index contributed by atoms with van der Waals surface area (Å²) in [5.74, 6) is -1.29.